The maximum absolute atomic E-state index is 9.74. The molecule has 4 heteroatoms. The van der Waals surface area contributed by atoms with E-state index in [1.54, 1.807) is 13.0 Å². The lowest BCUT2D eigenvalue weighted by Crippen LogP contribution is -1.95. The Balaban J connectivity index is 2.62. The molecule has 0 aromatic carbocycles. The molecular weight excluding hydrogens is 239 g/mol. The molecule has 0 amide bonds. The third-order valence-corrected chi connectivity index (χ3v) is 3.28. The smallest absolute Gasteiger partial charge is 0.100 e. The number of aliphatic hydroxyl groups is 1. The van der Waals surface area contributed by atoms with Gasteiger partial charge in [0.2, 0.25) is 0 Å². The van der Waals surface area contributed by atoms with Gasteiger partial charge < -0.3 is 5.11 Å². The summed E-state index contributed by atoms with van der Waals surface area (Å²) in [5.74, 6) is 5.67. The van der Waals surface area contributed by atoms with Crippen LogP contribution < -0.4 is 0 Å². The topological polar surface area (TPSA) is 20.2 Å². The SMILES string of the molecule is CC#CCCC(O)c1cc(Cl)sc1Cl. The summed E-state index contributed by atoms with van der Waals surface area (Å²) in [4.78, 5) is 0. The highest BCUT2D eigenvalue weighted by Crippen LogP contribution is 2.36. The first kappa shape index (κ1) is 11.9. The second kappa shape index (κ2) is 5.63. The zero-order chi connectivity index (χ0) is 10.6. The normalized spacial score (nSPS) is 12.0. The van der Waals surface area contributed by atoms with Crippen molar-refractivity contribution in [2.75, 3.05) is 0 Å². The van der Waals surface area contributed by atoms with Crippen LogP contribution in [0.1, 0.15) is 31.4 Å². The molecular formula is C10H10Cl2OS. The molecule has 1 aromatic heterocycles. The van der Waals surface area contributed by atoms with E-state index in [2.05, 4.69) is 11.8 Å². The first-order chi connectivity index (χ1) is 6.65. The maximum Gasteiger partial charge on any atom is 0.100 e. The molecule has 1 rings (SSSR count). The third-order valence-electron chi connectivity index (χ3n) is 1.76. The average molecular weight is 249 g/mol. The van der Waals surface area contributed by atoms with Gasteiger partial charge in [0.05, 0.1) is 10.4 Å². The summed E-state index contributed by atoms with van der Waals surface area (Å²) in [5, 5.41) is 9.74. The van der Waals surface area contributed by atoms with Crippen molar-refractivity contribution in [3.63, 3.8) is 0 Å². The first-order valence-electron chi connectivity index (χ1n) is 4.17. The zero-order valence-electron chi connectivity index (χ0n) is 7.68. The van der Waals surface area contributed by atoms with E-state index < -0.39 is 6.10 Å². The molecule has 0 radical (unpaired) electrons. The van der Waals surface area contributed by atoms with Crippen molar-refractivity contribution < 1.29 is 5.11 Å². The molecule has 0 aliphatic rings. The van der Waals surface area contributed by atoms with Crippen LogP contribution in [0.5, 0.6) is 0 Å². The fourth-order valence-electron chi connectivity index (χ4n) is 1.07. The highest BCUT2D eigenvalue weighted by molar-refractivity contribution is 7.20. The summed E-state index contributed by atoms with van der Waals surface area (Å²) < 4.78 is 1.16. The van der Waals surface area contributed by atoms with Crippen LogP contribution in [-0.2, 0) is 0 Å². The van der Waals surface area contributed by atoms with Gasteiger partial charge in [0, 0.05) is 12.0 Å². The molecule has 0 aliphatic heterocycles. The van der Waals surface area contributed by atoms with E-state index in [1.165, 1.54) is 11.3 Å². The van der Waals surface area contributed by atoms with Crippen molar-refractivity contribution in [1.82, 2.24) is 0 Å². The van der Waals surface area contributed by atoms with E-state index >= 15 is 0 Å². The zero-order valence-corrected chi connectivity index (χ0v) is 10.0. The molecule has 0 spiro atoms. The van der Waals surface area contributed by atoms with Crippen LogP contribution in [0, 0.1) is 11.8 Å². The molecule has 76 valence electrons. The van der Waals surface area contributed by atoms with Crippen molar-refractivity contribution >= 4 is 34.5 Å². The lowest BCUT2D eigenvalue weighted by Gasteiger charge is -2.06. The molecule has 14 heavy (non-hydrogen) atoms. The van der Waals surface area contributed by atoms with Gasteiger partial charge in [-0.15, -0.1) is 23.2 Å². The number of aliphatic hydroxyl groups excluding tert-OH is 1. The quantitative estimate of drug-likeness (QED) is 0.805. The van der Waals surface area contributed by atoms with Gasteiger partial charge in [0.15, 0.2) is 0 Å². The summed E-state index contributed by atoms with van der Waals surface area (Å²) in [6, 6.07) is 1.71. The largest absolute Gasteiger partial charge is 0.388 e. The highest BCUT2D eigenvalue weighted by atomic mass is 35.5. The van der Waals surface area contributed by atoms with Crippen molar-refractivity contribution in [2.24, 2.45) is 0 Å². The Morgan fingerprint density at radius 1 is 1.57 bits per heavy atom. The molecule has 1 unspecified atom stereocenters. The minimum absolute atomic E-state index is 0.562. The van der Waals surface area contributed by atoms with Gasteiger partial charge in [-0.25, -0.2) is 0 Å². The predicted molar refractivity (Wildman–Crippen MR) is 62.0 cm³/mol. The average Bonchev–Trinajstić information content (AvgIpc) is 2.45. The molecule has 0 bridgehead atoms. The van der Waals surface area contributed by atoms with E-state index in [9.17, 15) is 5.11 Å². The maximum atomic E-state index is 9.74. The molecule has 0 fully saturated rings. The Kier molecular flexibility index (Phi) is 4.77. The Morgan fingerprint density at radius 3 is 2.79 bits per heavy atom. The minimum atomic E-state index is -0.563. The Labute approximate surface area is 97.7 Å². The van der Waals surface area contributed by atoms with Crippen LogP contribution in [0.4, 0.5) is 0 Å². The van der Waals surface area contributed by atoms with Crippen LogP contribution in [0.25, 0.3) is 0 Å². The Morgan fingerprint density at radius 2 is 2.29 bits per heavy atom. The van der Waals surface area contributed by atoms with Crippen LogP contribution in [0.2, 0.25) is 8.67 Å². The van der Waals surface area contributed by atoms with Crippen molar-refractivity contribution in [3.05, 3.63) is 20.3 Å². The second-order valence-corrected chi connectivity index (χ2v) is 5.05. The highest BCUT2D eigenvalue weighted by Gasteiger charge is 2.14. The molecule has 1 atom stereocenters. The lowest BCUT2D eigenvalue weighted by molar-refractivity contribution is 0.170. The fraction of sp³-hybridized carbons (Fsp3) is 0.400. The van der Waals surface area contributed by atoms with Gasteiger partial charge in [0.1, 0.15) is 4.34 Å². The van der Waals surface area contributed by atoms with Gasteiger partial charge in [-0.05, 0) is 19.4 Å². The summed E-state index contributed by atoms with van der Waals surface area (Å²) in [7, 11) is 0. The van der Waals surface area contributed by atoms with E-state index in [1.807, 2.05) is 0 Å². The number of rotatable bonds is 3. The summed E-state index contributed by atoms with van der Waals surface area (Å²) in [5.41, 5.74) is 0.708. The standard InChI is InChI=1S/C10H10Cl2OS/c1-2-3-4-5-8(13)7-6-9(11)14-10(7)12/h6,8,13H,4-5H2,1H3. The number of hydrogen-bond acceptors (Lipinski definition) is 2. The Bertz CT molecular complexity index is 362. The summed E-state index contributed by atoms with van der Waals surface area (Å²) in [6.45, 7) is 1.78. The van der Waals surface area contributed by atoms with Crippen LogP contribution in [0.3, 0.4) is 0 Å². The van der Waals surface area contributed by atoms with Gasteiger partial charge in [-0.2, -0.15) is 0 Å². The molecule has 1 aromatic rings. The van der Waals surface area contributed by atoms with Gasteiger partial charge in [-0.1, -0.05) is 23.2 Å². The monoisotopic (exact) mass is 248 g/mol. The fourth-order valence-corrected chi connectivity index (χ4v) is 2.64. The van der Waals surface area contributed by atoms with Crippen molar-refractivity contribution in [2.45, 2.75) is 25.9 Å². The van der Waals surface area contributed by atoms with Gasteiger partial charge in [-0.3, -0.25) is 0 Å². The van der Waals surface area contributed by atoms with Gasteiger partial charge in [0.25, 0.3) is 0 Å². The van der Waals surface area contributed by atoms with Crippen LogP contribution >= 0.6 is 34.5 Å². The molecule has 0 saturated heterocycles. The molecule has 0 saturated carbocycles. The molecule has 1 N–H and O–H groups in total. The van der Waals surface area contributed by atoms with Gasteiger partial charge >= 0.3 is 0 Å². The second-order valence-electron chi connectivity index (χ2n) is 2.76. The summed E-state index contributed by atoms with van der Waals surface area (Å²) >= 11 is 12.9. The van der Waals surface area contributed by atoms with Crippen LogP contribution in [0.15, 0.2) is 6.07 Å². The first-order valence-corrected chi connectivity index (χ1v) is 5.74. The molecule has 1 nitrogen and oxygen atoms in total. The number of thiophene rings is 1. The lowest BCUT2D eigenvalue weighted by atomic mass is 10.1. The van der Waals surface area contributed by atoms with Crippen molar-refractivity contribution in [3.8, 4) is 11.8 Å². The predicted octanol–water partition coefficient (Wildman–Crippen LogP) is 3.89. The number of halogens is 2. The van der Waals surface area contributed by atoms with E-state index in [0.29, 0.717) is 27.1 Å². The summed E-state index contributed by atoms with van der Waals surface area (Å²) in [6.07, 6.45) is 0.696. The molecule has 1 heterocycles. The van der Waals surface area contributed by atoms with E-state index in [4.69, 9.17) is 23.2 Å². The third kappa shape index (κ3) is 3.18. The van der Waals surface area contributed by atoms with E-state index in [0.717, 1.165) is 0 Å². The van der Waals surface area contributed by atoms with Crippen LogP contribution in [-0.4, -0.2) is 5.11 Å². The minimum Gasteiger partial charge on any atom is -0.388 e. The van der Waals surface area contributed by atoms with Crippen molar-refractivity contribution in [1.29, 1.82) is 0 Å². The van der Waals surface area contributed by atoms with E-state index in [-0.39, 0.29) is 0 Å². The molecule has 0 aliphatic carbocycles. The Hall–Kier alpha value is -0.200. The number of hydrogen-bond donors (Lipinski definition) is 1.